The number of nitrogens with zero attached hydrogens (tertiary/aromatic N) is 3. The normalized spacial score (nSPS) is 19.1. The third-order valence-electron chi connectivity index (χ3n) is 9.19. The number of amides is 4. The molecular formula is C36H32Br2F6N6O6. The molecule has 4 aromatic carbocycles. The number of nitrogens with one attached hydrogen (secondary N) is 2. The van der Waals surface area contributed by atoms with Crippen LogP contribution in [0.1, 0.15) is 22.3 Å². The fourth-order valence-electron chi connectivity index (χ4n) is 6.30. The Kier molecular flexibility index (Phi) is 12.2. The average Bonchev–Trinajstić information content (AvgIpc) is 3.14. The molecule has 2 aliphatic rings. The molecule has 12 nitrogen and oxygen atoms in total. The predicted octanol–water partition coefficient (Wildman–Crippen LogP) is 8.13. The molecule has 2 aliphatic heterocycles. The Morgan fingerprint density at radius 1 is 0.696 bits per heavy atom. The van der Waals surface area contributed by atoms with Crippen LogP contribution in [0.5, 0.6) is 11.5 Å². The van der Waals surface area contributed by atoms with Gasteiger partial charge < -0.3 is 25.8 Å². The van der Waals surface area contributed by atoms with Gasteiger partial charge in [0.1, 0.15) is 11.5 Å². The van der Waals surface area contributed by atoms with E-state index in [0.29, 0.717) is 26.0 Å². The van der Waals surface area contributed by atoms with Crippen LogP contribution in [0.25, 0.3) is 0 Å². The summed E-state index contributed by atoms with van der Waals surface area (Å²) in [7, 11) is 3.03. The number of alkyl halides is 6. The molecule has 0 radical (unpaired) electrons. The van der Waals surface area contributed by atoms with Crippen LogP contribution in [-0.2, 0) is 24.2 Å². The number of fused-ring (bicyclic) bond motifs is 2. The Bertz CT molecular complexity index is 2110. The van der Waals surface area contributed by atoms with Crippen LogP contribution >= 0.6 is 31.9 Å². The van der Waals surface area contributed by atoms with Crippen molar-refractivity contribution in [3.8, 4) is 11.5 Å². The van der Waals surface area contributed by atoms with E-state index in [9.17, 15) is 46.0 Å². The van der Waals surface area contributed by atoms with Gasteiger partial charge in [0.15, 0.2) is 5.54 Å². The van der Waals surface area contributed by atoms with Crippen molar-refractivity contribution < 1.29 is 50.3 Å². The topological polar surface area (TPSA) is 152 Å². The minimum absolute atomic E-state index is 0.0309. The molecule has 20 heteroatoms. The third kappa shape index (κ3) is 8.22. The molecule has 56 heavy (non-hydrogen) atoms. The molecule has 0 spiro atoms. The zero-order valence-corrected chi connectivity index (χ0v) is 32.5. The van der Waals surface area contributed by atoms with E-state index in [-0.39, 0.29) is 30.0 Å². The Morgan fingerprint density at radius 2 is 1.07 bits per heavy atom. The largest absolute Gasteiger partial charge is 0.497 e. The van der Waals surface area contributed by atoms with Crippen molar-refractivity contribution in [2.75, 3.05) is 37.1 Å². The first kappa shape index (κ1) is 42.1. The second-order valence-corrected chi connectivity index (χ2v) is 14.4. The molecule has 0 saturated heterocycles. The predicted molar refractivity (Wildman–Crippen MR) is 200 cm³/mol. The van der Waals surface area contributed by atoms with E-state index >= 15 is 0 Å². The Balaban J connectivity index is 0.000000215. The van der Waals surface area contributed by atoms with E-state index in [1.165, 1.54) is 43.4 Å². The number of hydrogen-bond acceptors (Lipinski definition) is 7. The maximum Gasteiger partial charge on any atom is 0.422 e. The second kappa shape index (κ2) is 16.2. The van der Waals surface area contributed by atoms with Gasteiger partial charge in [0.2, 0.25) is 12.1 Å². The first-order valence-corrected chi connectivity index (χ1v) is 17.9. The van der Waals surface area contributed by atoms with Crippen molar-refractivity contribution in [1.29, 1.82) is 0 Å². The number of halogens is 8. The lowest BCUT2D eigenvalue weighted by molar-refractivity contribution is -0.503. The van der Waals surface area contributed by atoms with Gasteiger partial charge in [-0.25, -0.2) is 9.59 Å². The second-order valence-electron chi connectivity index (χ2n) is 12.6. The van der Waals surface area contributed by atoms with Gasteiger partial charge in [-0.05, 0) is 71.8 Å². The highest BCUT2D eigenvalue weighted by atomic mass is 79.9. The number of ether oxygens (including phenoxy) is 2. The molecule has 2 unspecified atom stereocenters. The van der Waals surface area contributed by atoms with Crippen LogP contribution < -0.4 is 35.6 Å². The molecule has 0 aliphatic carbocycles. The van der Waals surface area contributed by atoms with Crippen molar-refractivity contribution in [2.24, 2.45) is 5.73 Å². The van der Waals surface area contributed by atoms with Gasteiger partial charge >= 0.3 is 24.4 Å². The quantitative estimate of drug-likeness (QED) is 0.0872. The molecule has 0 bridgehead atoms. The molecule has 2 heterocycles. The SMILES string of the molecule is COc1ccc(CN2C(=O)NC(CN)(C(F)(F)F)c3cc(Br)ccc32)cc1.COc1ccc(CN2C(=O)NC(C[N+](=O)[O-])(C(F)(F)F)c3cc(Br)ccc32)cc1. The molecular weight excluding hydrogens is 886 g/mol. The number of methoxy groups -OCH3 is 2. The molecule has 0 aromatic heterocycles. The number of benzene rings is 4. The standard InChI is InChI=1S/C18H15BrF3N3O4.C18H17BrF3N3O2/c1-29-13-5-2-11(3-6-13)9-24-15-7-4-12(19)8-14(15)17(10-25(27)28,18(20,21)22)23-16(24)26;1-27-13-5-2-11(3-6-13)9-25-15-7-4-12(19)8-14(15)17(10-23,18(20,21)22)24-16(25)26/h2-8H,9-10H2,1H3,(H,23,26);2-8H,9-10,23H2,1H3,(H,24,26). The van der Waals surface area contributed by atoms with Crippen LogP contribution in [-0.4, -0.2) is 56.6 Å². The molecule has 4 N–H and O–H groups in total. The minimum Gasteiger partial charge on any atom is -0.497 e. The van der Waals surface area contributed by atoms with E-state index in [4.69, 9.17) is 15.2 Å². The summed E-state index contributed by atoms with van der Waals surface area (Å²) in [6, 6.07) is 20.1. The fourth-order valence-corrected chi connectivity index (χ4v) is 7.02. The lowest BCUT2D eigenvalue weighted by Gasteiger charge is -2.44. The first-order chi connectivity index (χ1) is 26.3. The molecule has 6 rings (SSSR count). The van der Waals surface area contributed by atoms with Crippen LogP contribution in [0.4, 0.5) is 47.3 Å². The average molecular weight is 918 g/mol. The molecule has 0 fully saturated rings. The third-order valence-corrected chi connectivity index (χ3v) is 10.2. The highest BCUT2D eigenvalue weighted by Gasteiger charge is 2.64. The van der Waals surface area contributed by atoms with Crippen molar-refractivity contribution in [3.63, 3.8) is 0 Å². The van der Waals surface area contributed by atoms with Crippen LogP contribution in [0.15, 0.2) is 93.9 Å². The summed E-state index contributed by atoms with van der Waals surface area (Å²) in [5, 5.41) is 15.0. The minimum atomic E-state index is -5.09. The molecule has 2 atom stereocenters. The Hall–Kier alpha value is -5.08. The monoisotopic (exact) mass is 916 g/mol. The number of hydrogen-bond donors (Lipinski definition) is 3. The van der Waals surface area contributed by atoms with E-state index in [1.54, 1.807) is 54.6 Å². The van der Waals surface area contributed by atoms with Gasteiger partial charge in [0.25, 0.3) is 0 Å². The number of urea groups is 2. The smallest absolute Gasteiger partial charge is 0.422 e. The Labute approximate surface area is 332 Å². The van der Waals surface area contributed by atoms with Crippen molar-refractivity contribution >= 4 is 55.3 Å². The van der Waals surface area contributed by atoms with Crippen LogP contribution in [0.2, 0.25) is 0 Å². The summed E-state index contributed by atoms with van der Waals surface area (Å²) in [4.78, 5) is 37.7. The summed E-state index contributed by atoms with van der Waals surface area (Å²) in [6.07, 6.45) is -9.84. The molecule has 4 amide bonds. The number of carbonyl (C=O) groups excluding carboxylic acids is 2. The molecule has 4 aromatic rings. The van der Waals surface area contributed by atoms with E-state index < -0.39 is 59.1 Å². The summed E-state index contributed by atoms with van der Waals surface area (Å²) >= 11 is 6.31. The van der Waals surface area contributed by atoms with Crippen molar-refractivity contribution in [3.05, 3.63) is 126 Å². The first-order valence-electron chi connectivity index (χ1n) is 16.3. The number of carbonyl (C=O) groups is 2. The van der Waals surface area contributed by atoms with Gasteiger partial charge in [-0.3, -0.25) is 19.9 Å². The lowest BCUT2D eigenvalue weighted by atomic mass is 9.85. The summed E-state index contributed by atoms with van der Waals surface area (Å²) in [6.45, 7) is -2.26. The summed E-state index contributed by atoms with van der Waals surface area (Å²) in [5.41, 5.74) is 0.731. The molecule has 298 valence electrons. The highest BCUT2D eigenvalue weighted by Crippen LogP contribution is 2.48. The zero-order chi connectivity index (χ0) is 41.2. The van der Waals surface area contributed by atoms with Gasteiger partial charge in [-0.2, -0.15) is 26.3 Å². The van der Waals surface area contributed by atoms with Crippen molar-refractivity contribution in [2.45, 2.75) is 36.5 Å². The van der Waals surface area contributed by atoms with Gasteiger partial charge in [-0.15, -0.1) is 0 Å². The maximum atomic E-state index is 14.0. The maximum absolute atomic E-state index is 14.0. The van der Waals surface area contributed by atoms with E-state index in [0.717, 1.165) is 16.5 Å². The van der Waals surface area contributed by atoms with Gasteiger partial charge in [0, 0.05) is 31.5 Å². The summed E-state index contributed by atoms with van der Waals surface area (Å²) < 4.78 is 94.6. The van der Waals surface area contributed by atoms with Gasteiger partial charge in [0.05, 0.1) is 38.7 Å². The Morgan fingerprint density at radius 3 is 1.41 bits per heavy atom. The van der Waals surface area contributed by atoms with Crippen LogP contribution in [0, 0.1) is 10.1 Å². The number of nitrogens with two attached hydrogens (primary N) is 1. The van der Waals surface area contributed by atoms with Crippen LogP contribution in [0.3, 0.4) is 0 Å². The van der Waals surface area contributed by atoms with E-state index in [2.05, 4.69) is 37.2 Å². The fraction of sp³-hybridized carbons (Fsp3) is 0.278. The number of rotatable bonds is 9. The lowest BCUT2D eigenvalue weighted by Crippen LogP contribution is -2.66. The van der Waals surface area contributed by atoms with Gasteiger partial charge in [-0.1, -0.05) is 56.1 Å². The number of anilines is 2. The van der Waals surface area contributed by atoms with E-state index in [1.807, 2.05) is 5.32 Å². The highest BCUT2D eigenvalue weighted by molar-refractivity contribution is 9.10. The zero-order valence-electron chi connectivity index (χ0n) is 29.3. The summed E-state index contributed by atoms with van der Waals surface area (Å²) in [5.74, 6) is 1.23. The molecule has 0 saturated carbocycles. The van der Waals surface area contributed by atoms with Crippen molar-refractivity contribution in [1.82, 2.24) is 10.6 Å². The number of nitro groups is 1.